The standard InChI is InChI=1S/C26H27NO2/c1-29-26(28)22-13-11-20(12-14-22)18-27-25-23(17-19-7-3-2-4-8-19)16-15-21-9-5-6-10-24(21)25/h2-14,23,25,27H,15-18H2,1H3. The van der Waals surface area contributed by atoms with Gasteiger partial charge in [-0.3, -0.25) is 0 Å². The van der Waals surface area contributed by atoms with Crippen molar-refractivity contribution in [3.05, 3.63) is 107 Å². The van der Waals surface area contributed by atoms with E-state index in [0.29, 0.717) is 17.5 Å². The second-order valence-corrected chi connectivity index (χ2v) is 7.73. The van der Waals surface area contributed by atoms with E-state index in [0.717, 1.165) is 19.4 Å². The fraction of sp³-hybridized carbons (Fsp3) is 0.269. The minimum absolute atomic E-state index is 0.298. The summed E-state index contributed by atoms with van der Waals surface area (Å²) in [6, 6.07) is 27.6. The monoisotopic (exact) mass is 385 g/mol. The normalized spacial score (nSPS) is 18.1. The smallest absolute Gasteiger partial charge is 0.337 e. The summed E-state index contributed by atoms with van der Waals surface area (Å²) in [5.74, 6) is 0.260. The van der Waals surface area contributed by atoms with Crippen LogP contribution in [0.1, 0.15) is 45.1 Å². The van der Waals surface area contributed by atoms with Gasteiger partial charge in [0.15, 0.2) is 0 Å². The van der Waals surface area contributed by atoms with Crippen LogP contribution in [0.25, 0.3) is 0 Å². The molecule has 0 amide bonds. The molecule has 0 saturated heterocycles. The number of ether oxygens (including phenoxy) is 1. The van der Waals surface area contributed by atoms with Gasteiger partial charge in [-0.05, 0) is 59.6 Å². The molecular weight excluding hydrogens is 358 g/mol. The first-order chi connectivity index (χ1) is 14.2. The average Bonchev–Trinajstić information content (AvgIpc) is 2.79. The molecule has 0 fully saturated rings. The van der Waals surface area contributed by atoms with Crippen LogP contribution < -0.4 is 5.32 Å². The summed E-state index contributed by atoms with van der Waals surface area (Å²) in [7, 11) is 1.41. The highest BCUT2D eigenvalue weighted by Crippen LogP contribution is 2.36. The third-order valence-electron chi connectivity index (χ3n) is 5.89. The van der Waals surface area contributed by atoms with E-state index in [1.54, 1.807) is 0 Å². The number of hydrogen-bond donors (Lipinski definition) is 1. The zero-order valence-corrected chi connectivity index (χ0v) is 16.8. The van der Waals surface area contributed by atoms with E-state index >= 15 is 0 Å². The van der Waals surface area contributed by atoms with Gasteiger partial charge in [-0.1, -0.05) is 66.7 Å². The van der Waals surface area contributed by atoms with Gasteiger partial charge in [-0.2, -0.15) is 0 Å². The Morgan fingerprint density at radius 2 is 1.66 bits per heavy atom. The molecule has 3 heteroatoms. The number of carbonyl (C=O) groups excluding carboxylic acids is 1. The molecule has 3 aromatic carbocycles. The van der Waals surface area contributed by atoms with Crippen molar-refractivity contribution in [2.75, 3.05) is 7.11 Å². The molecule has 3 aromatic rings. The quantitative estimate of drug-likeness (QED) is 0.599. The maximum atomic E-state index is 11.6. The van der Waals surface area contributed by atoms with E-state index in [1.165, 1.54) is 35.8 Å². The predicted octanol–water partition coefficient (Wildman–Crippen LogP) is 5.11. The van der Waals surface area contributed by atoms with Crippen LogP contribution in [0.5, 0.6) is 0 Å². The summed E-state index contributed by atoms with van der Waals surface area (Å²) in [6.07, 6.45) is 3.40. The molecule has 1 aliphatic carbocycles. The lowest BCUT2D eigenvalue weighted by Crippen LogP contribution is -2.33. The number of benzene rings is 3. The molecule has 0 heterocycles. The van der Waals surface area contributed by atoms with Gasteiger partial charge >= 0.3 is 5.97 Å². The number of rotatable bonds is 6. The van der Waals surface area contributed by atoms with Crippen LogP contribution in [-0.4, -0.2) is 13.1 Å². The molecule has 0 aromatic heterocycles. The topological polar surface area (TPSA) is 38.3 Å². The maximum Gasteiger partial charge on any atom is 0.337 e. The Hall–Kier alpha value is -2.91. The zero-order valence-electron chi connectivity index (χ0n) is 16.8. The molecule has 148 valence electrons. The fourth-order valence-corrected chi connectivity index (χ4v) is 4.34. The second kappa shape index (κ2) is 9.06. The van der Waals surface area contributed by atoms with Gasteiger partial charge in [0.2, 0.25) is 0 Å². The molecule has 3 nitrogen and oxygen atoms in total. The Labute approximate surface area is 172 Å². The van der Waals surface area contributed by atoms with Gasteiger partial charge < -0.3 is 10.1 Å². The van der Waals surface area contributed by atoms with Gasteiger partial charge in [0, 0.05) is 12.6 Å². The lowest BCUT2D eigenvalue weighted by molar-refractivity contribution is 0.0600. The van der Waals surface area contributed by atoms with Crippen LogP contribution in [0.3, 0.4) is 0 Å². The molecule has 2 atom stereocenters. The highest BCUT2D eigenvalue weighted by atomic mass is 16.5. The van der Waals surface area contributed by atoms with Crippen molar-refractivity contribution in [1.82, 2.24) is 5.32 Å². The second-order valence-electron chi connectivity index (χ2n) is 7.73. The van der Waals surface area contributed by atoms with E-state index in [-0.39, 0.29) is 5.97 Å². The van der Waals surface area contributed by atoms with Crippen LogP contribution >= 0.6 is 0 Å². The van der Waals surface area contributed by atoms with Gasteiger partial charge in [0.05, 0.1) is 12.7 Å². The molecule has 0 spiro atoms. The van der Waals surface area contributed by atoms with Crippen molar-refractivity contribution in [3.8, 4) is 0 Å². The summed E-state index contributed by atoms with van der Waals surface area (Å²) in [4.78, 5) is 11.6. The SMILES string of the molecule is COC(=O)c1ccc(CNC2c3ccccc3CCC2Cc2ccccc2)cc1. The molecule has 0 saturated carbocycles. The number of aryl methyl sites for hydroxylation is 1. The Morgan fingerprint density at radius 1 is 0.931 bits per heavy atom. The Kier molecular flexibility index (Phi) is 6.06. The van der Waals surface area contributed by atoms with Crippen molar-refractivity contribution in [1.29, 1.82) is 0 Å². The molecule has 1 aliphatic rings. The van der Waals surface area contributed by atoms with Crippen LogP contribution in [0.2, 0.25) is 0 Å². The molecule has 0 radical (unpaired) electrons. The van der Waals surface area contributed by atoms with Gasteiger partial charge in [-0.25, -0.2) is 4.79 Å². The van der Waals surface area contributed by atoms with Crippen LogP contribution in [0, 0.1) is 5.92 Å². The molecule has 0 bridgehead atoms. The highest BCUT2D eigenvalue weighted by Gasteiger charge is 2.29. The number of carbonyl (C=O) groups is 1. The van der Waals surface area contributed by atoms with E-state index in [2.05, 4.69) is 59.9 Å². The van der Waals surface area contributed by atoms with Crippen molar-refractivity contribution in [2.45, 2.75) is 31.8 Å². The number of fused-ring (bicyclic) bond motifs is 1. The average molecular weight is 386 g/mol. The molecular formula is C26H27NO2. The zero-order chi connectivity index (χ0) is 20.1. The lowest BCUT2D eigenvalue weighted by atomic mass is 9.77. The largest absolute Gasteiger partial charge is 0.465 e. The maximum absolute atomic E-state index is 11.6. The number of hydrogen-bond acceptors (Lipinski definition) is 3. The summed E-state index contributed by atoms with van der Waals surface area (Å²) in [5, 5.41) is 3.81. The van der Waals surface area contributed by atoms with E-state index in [1.807, 2.05) is 24.3 Å². The number of methoxy groups -OCH3 is 1. The first kappa shape index (κ1) is 19.4. The third-order valence-corrected chi connectivity index (χ3v) is 5.89. The number of esters is 1. The Morgan fingerprint density at radius 3 is 2.41 bits per heavy atom. The van der Waals surface area contributed by atoms with Gasteiger partial charge in [0.25, 0.3) is 0 Å². The van der Waals surface area contributed by atoms with Crippen LogP contribution in [0.15, 0.2) is 78.9 Å². The number of nitrogens with one attached hydrogen (secondary N) is 1. The van der Waals surface area contributed by atoms with Gasteiger partial charge in [-0.15, -0.1) is 0 Å². The minimum Gasteiger partial charge on any atom is -0.465 e. The van der Waals surface area contributed by atoms with Crippen molar-refractivity contribution >= 4 is 5.97 Å². The first-order valence-electron chi connectivity index (χ1n) is 10.3. The highest BCUT2D eigenvalue weighted by molar-refractivity contribution is 5.89. The predicted molar refractivity (Wildman–Crippen MR) is 116 cm³/mol. The van der Waals surface area contributed by atoms with E-state index < -0.39 is 0 Å². The molecule has 4 rings (SSSR count). The van der Waals surface area contributed by atoms with Crippen molar-refractivity contribution in [2.24, 2.45) is 5.92 Å². The fourth-order valence-electron chi connectivity index (χ4n) is 4.34. The Balaban J connectivity index is 1.52. The first-order valence-corrected chi connectivity index (χ1v) is 10.3. The minimum atomic E-state index is -0.298. The molecule has 29 heavy (non-hydrogen) atoms. The van der Waals surface area contributed by atoms with E-state index in [9.17, 15) is 4.79 Å². The summed E-state index contributed by atoms with van der Waals surface area (Å²) in [6.45, 7) is 0.770. The van der Waals surface area contributed by atoms with Gasteiger partial charge in [0.1, 0.15) is 0 Å². The molecule has 0 aliphatic heterocycles. The van der Waals surface area contributed by atoms with Crippen LogP contribution in [0.4, 0.5) is 0 Å². The molecule has 1 N–H and O–H groups in total. The summed E-state index contributed by atoms with van der Waals surface area (Å²) < 4.78 is 4.79. The van der Waals surface area contributed by atoms with Crippen LogP contribution in [-0.2, 0) is 24.1 Å². The Bertz CT molecular complexity index is 950. The third kappa shape index (κ3) is 4.57. The van der Waals surface area contributed by atoms with E-state index in [4.69, 9.17) is 4.74 Å². The summed E-state index contributed by atoms with van der Waals surface area (Å²) in [5.41, 5.74) is 6.02. The van der Waals surface area contributed by atoms with Crippen molar-refractivity contribution < 1.29 is 9.53 Å². The summed E-state index contributed by atoms with van der Waals surface area (Å²) >= 11 is 0. The molecule has 2 unspecified atom stereocenters. The lowest BCUT2D eigenvalue weighted by Gasteiger charge is -2.35. The van der Waals surface area contributed by atoms with Crippen molar-refractivity contribution in [3.63, 3.8) is 0 Å².